The van der Waals surface area contributed by atoms with E-state index < -0.39 is 0 Å². The van der Waals surface area contributed by atoms with Crippen molar-refractivity contribution in [2.75, 3.05) is 19.5 Å². The number of ether oxygens (including phenoxy) is 1. The quantitative estimate of drug-likeness (QED) is 0.797. The minimum Gasteiger partial charge on any atom is -0.497 e. The molecule has 2 aromatic rings. The van der Waals surface area contributed by atoms with Crippen molar-refractivity contribution in [3.63, 3.8) is 0 Å². The van der Waals surface area contributed by atoms with Crippen LogP contribution in [-0.4, -0.2) is 24.1 Å². The van der Waals surface area contributed by atoms with Crippen LogP contribution in [0.25, 0.3) is 11.3 Å². The highest BCUT2D eigenvalue weighted by molar-refractivity contribution is 5.70. The lowest BCUT2D eigenvalue weighted by Gasteiger charge is -2.22. The van der Waals surface area contributed by atoms with Crippen molar-refractivity contribution >= 4 is 5.82 Å². The number of methoxy groups -OCH3 is 1. The average molecular weight is 339 g/mol. The molecule has 1 N–H and O–H groups in total. The van der Waals surface area contributed by atoms with Crippen LogP contribution >= 0.6 is 0 Å². The third-order valence-corrected chi connectivity index (χ3v) is 5.23. The van der Waals surface area contributed by atoms with Crippen molar-refractivity contribution in [1.29, 1.82) is 0 Å². The molecule has 25 heavy (non-hydrogen) atoms. The summed E-state index contributed by atoms with van der Waals surface area (Å²) in [7, 11) is 3.66. The van der Waals surface area contributed by atoms with Crippen molar-refractivity contribution in [2.24, 2.45) is 5.92 Å². The monoisotopic (exact) mass is 339 g/mol. The molecule has 134 valence electrons. The summed E-state index contributed by atoms with van der Waals surface area (Å²) in [6.45, 7) is 4.52. The van der Waals surface area contributed by atoms with Gasteiger partial charge in [-0.2, -0.15) is 0 Å². The fraction of sp³-hybridized carbons (Fsp3) is 0.524. The second kappa shape index (κ2) is 7.85. The molecule has 1 aromatic carbocycles. The number of nitrogens with zero attached hydrogens (tertiary/aromatic N) is 2. The Kier molecular flexibility index (Phi) is 5.57. The first-order chi connectivity index (χ1) is 12.2. The fourth-order valence-corrected chi connectivity index (χ4v) is 3.76. The Labute approximate surface area is 151 Å². The third-order valence-electron chi connectivity index (χ3n) is 5.23. The van der Waals surface area contributed by atoms with Gasteiger partial charge >= 0.3 is 0 Å². The molecule has 1 aliphatic carbocycles. The van der Waals surface area contributed by atoms with Crippen LogP contribution in [0, 0.1) is 5.92 Å². The zero-order chi connectivity index (χ0) is 17.8. The van der Waals surface area contributed by atoms with Gasteiger partial charge in [-0.3, -0.25) is 0 Å². The van der Waals surface area contributed by atoms with Crippen LogP contribution in [-0.2, 0) is 19.3 Å². The number of benzene rings is 1. The van der Waals surface area contributed by atoms with Crippen LogP contribution in [0.5, 0.6) is 5.75 Å². The maximum atomic E-state index is 5.38. The standard InChI is InChI=1S/C21H29N3O/c1-5-7-14(6-2)12-19-21(22-3)24-18-11-8-15-13-16(25-4)9-10-17(15)20(18)23-19/h9-10,13-14H,5-8,11-12H2,1-4H3,(H,22,24). The van der Waals surface area contributed by atoms with E-state index in [1.165, 1.54) is 30.4 Å². The van der Waals surface area contributed by atoms with Gasteiger partial charge in [0, 0.05) is 12.6 Å². The summed E-state index contributed by atoms with van der Waals surface area (Å²) in [5.74, 6) is 2.53. The maximum absolute atomic E-state index is 5.38. The largest absolute Gasteiger partial charge is 0.497 e. The summed E-state index contributed by atoms with van der Waals surface area (Å²) in [4.78, 5) is 10.0. The van der Waals surface area contributed by atoms with Crippen molar-refractivity contribution in [2.45, 2.75) is 52.4 Å². The van der Waals surface area contributed by atoms with E-state index in [2.05, 4.69) is 31.3 Å². The SMILES string of the molecule is CCCC(CC)Cc1nc2c(nc1NC)CCc1cc(OC)ccc1-2. The lowest BCUT2D eigenvalue weighted by molar-refractivity contribution is 0.414. The van der Waals surface area contributed by atoms with Gasteiger partial charge < -0.3 is 10.1 Å². The maximum Gasteiger partial charge on any atom is 0.147 e. The van der Waals surface area contributed by atoms with Crippen molar-refractivity contribution in [3.8, 4) is 17.0 Å². The highest BCUT2D eigenvalue weighted by atomic mass is 16.5. The highest BCUT2D eigenvalue weighted by Gasteiger charge is 2.22. The second-order valence-corrected chi connectivity index (χ2v) is 6.85. The Morgan fingerprint density at radius 2 is 2.04 bits per heavy atom. The summed E-state index contributed by atoms with van der Waals surface area (Å²) < 4.78 is 5.38. The summed E-state index contributed by atoms with van der Waals surface area (Å²) in [6, 6.07) is 6.29. The van der Waals surface area contributed by atoms with Crippen LogP contribution in [0.2, 0.25) is 0 Å². The van der Waals surface area contributed by atoms with Crippen LogP contribution in [0.4, 0.5) is 5.82 Å². The van der Waals surface area contributed by atoms with Crippen LogP contribution < -0.4 is 10.1 Å². The van der Waals surface area contributed by atoms with Crippen molar-refractivity contribution < 1.29 is 4.74 Å². The van der Waals surface area contributed by atoms with E-state index in [-0.39, 0.29) is 0 Å². The number of fused-ring (bicyclic) bond motifs is 3. The van der Waals surface area contributed by atoms with Crippen LogP contribution in [0.1, 0.15) is 50.1 Å². The Morgan fingerprint density at radius 3 is 2.72 bits per heavy atom. The number of hydrogen-bond acceptors (Lipinski definition) is 4. The lowest BCUT2D eigenvalue weighted by Crippen LogP contribution is -2.15. The first-order valence-corrected chi connectivity index (χ1v) is 9.44. The fourth-order valence-electron chi connectivity index (χ4n) is 3.76. The molecule has 0 aliphatic heterocycles. The first-order valence-electron chi connectivity index (χ1n) is 9.44. The summed E-state index contributed by atoms with van der Waals surface area (Å²) >= 11 is 0. The molecule has 1 aliphatic rings. The number of rotatable bonds is 7. The summed E-state index contributed by atoms with van der Waals surface area (Å²) in [5, 5.41) is 3.27. The first kappa shape index (κ1) is 17.7. The van der Waals surface area contributed by atoms with E-state index in [0.29, 0.717) is 5.92 Å². The van der Waals surface area contributed by atoms with Gasteiger partial charge in [-0.25, -0.2) is 9.97 Å². The number of nitrogens with one attached hydrogen (secondary N) is 1. The molecule has 1 heterocycles. The number of anilines is 1. The zero-order valence-corrected chi connectivity index (χ0v) is 15.9. The molecule has 3 rings (SSSR count). The normalized spacial score (nSPS) is 13.8. The molecular formula is C21H29N3O. The minimum atomic E-state index is 0.670. The Bertz CT molecular complexity index is 742. The molecule has 0 fully saturated rings. The Hall–Kier alpha value is -2.10. The number of aryl methyl sites for hydroxylation is 2. The predicted octanol–water partition coefficient (Wildman–Crippen LogP) is 4.66. The van der Waals surface area contributed by atoms with E-state index in [4.69, 9.17) is 14.7 Å². The molecule has 1 aromatic heterocycles. The average Bonchev–Trinajstić information content (AvgIpc) is 2.66. The van der Waals surface area contributed by atoms with E-state index in [1.807, 2.05) is 13.1 Å². The third kappa shape index (κ3) is 3.63. The minimum absolute atomic E-state index is 0.670. The van der Waals surface area contributed by atoms with Gasteiger partial charge in [0.1, 0.15) is 11.6 Å². The topological polar surface area (TPSA) is 47.0 Å². The molecule has 1 atom stereocenters. The molecular weight excluding hydrogens is 310 g/mol. The van der Waals surface area contributed by atoms with Crippen LogP contribution in [0.3, 0.4) is 0 Å². The zero-order valence-electron chi connectivity index (χ0n) is 15.9. The van der Waals surface area contributed by atoms with E-state index in [9.17, 15) is 0 Å². The summed E-state index contributed by atoms with van der Waals surface area (Å²) in [6.07, 6.45) is 6.56. The number of aromatic nitrogens is 2. The Balaban J connectivity index is 2.01. The molecule has 0 saturated heterocycles. The molecule has 4 heteroatoms. The molecule has 1 unspecified atom stereocenters. The predicted molar refractivity (Wildman–Crippen MR) is 103 cm³/mol. The van der Waals surface area contributed by atoms with E-state index in [0.717, 1.165) is 47.9 Å². The van der Waals surface area contributed by atoms with Gasteiger partial charge in [0.15, 0.2) is 0 Å². The van der Waals surface area contributed by atoms with E-state index >= 15 is 0 Å². The van der Waals surface area contributed by atoms with Gasteiger partial charge in [0.2, 0.25) is 0 Å². The van der Waals surface area contributed by atoms with E-state index in [1.54, 1.807) is 7.11 Å². The molecule has 0 amide bonds. The molecule has 0 saturated carbocycles. The molecule has 4 nitrogen and oxygen atoms in total. The molecule has 0 spiro atoms. The lowest BCUT2D eigenvalue weighted by atomic mass is 9.90. The highest BCUT2D eigenvalue weighted by Crippen LogP contribution is 2.35. The van der Waals surface area contributed by atoms with Gasteiger partial charge in [-0.15, -0.1) is 0 Å². The Morgan fingerprint density at radius 1 is 1.20 bits per heavy atom. The van der Waals surface area contributed by atoms with Crippen molar-refractivity contribution in [3.05, 3.63) is 35.2 Å². The van der Waals surface area contributed by atoms with Gasteiger partial charge in [0.05, 0.1) is 24.2 Å². The second-order valence-electron chi connectivity index (χ2n) is 6.85. The van der Waals surface area contributed by atoms with Gasteiger partial charge in [-0.1, -0.05) is 33.1 Å². The van der Waals surface area contributed by atoms with Gasteiger partial charge in [-0.05, 0) is 48.9 Å². The van der Waals surface area contributed by atoms with Gasteiger partial charge in [0.25, 0.3) is 0 Å². The summed E-state index contributed by atoms with van der Waals surface area (Å²) in [5.41, 5.74) is 5.79. The molecule has 0 bridgehead atoms. The smallest absolute Gasteiger partial charge is 0.147 e. The van der Waals surface area contributed by atoms with Crippen molar-refractivity contribution in [1.82, 2.24) is 9.97 Å². The number of hydrogen-bond donors (Lipinski definition) is 1. The molecule has 0 radical (unpaired) electrons. The van der Waals surface area contributed by atoms with Crippen LogP contribution in [0.15, 0.2) is 18.2 Å².